The lowest BCUT2D eigenvalue weighted by Crippen LogP contribution is -2.06. The molecule has 0 unspecified atom stereocenters. The number of benzene rings is 2. The van der Waals surface area contributed by atoms with Gasteiger partial charge in [0.05, 0.1) is 15.1 Å². The number of hydrogen-bond acceptors (Lipinski definition) is 7. The van der Waals surface area contributed by atoms with Crippen LogP contribution in [0.3, 0.4) is 0 Å². The molecule has 0 saturated heterocycles. The molecule has 0 aliphatic heterocycles. The molecule has 5 rings (SSSR count). The van der Waals surface area contributed by atoms with Crippen molar-refractivity contribution in [2.45, 2.75) is 23.4 Å². The minimum Gasteiger partial charge on any atom is -0.365 e. The van der Waals surface area contributed by atoms with Gasteiger partial charge in [-0.15, -0.1) is 16.4 Å². The van der Waals surface area contributed by atoms with Crippen molar-refractivity contribution in [1.82, 2.24) is 19.8 Å². The average molecular weight is 470 g/mol. The van der Waals surface area contributed by atoms with Gasteiger partial charge >= 0.3 is 0 Å². The molecule has 7 nitrogen and oxygen atoms in total. The average Bonchev–Trinajstić information content (AvgIpc) is 3.40. The van der Waals surface area contributed by atoms with Crippen molar-refractivity contribution >= 4 is 54.5 Å². The van der Waals surface area contributed by atoms with E-state index in [-0.39, 0.29) is 15.6 Å². The Kier molecular flexibility index (Phi) is 4.88. The summed E-state index contributed by atoms with van der Waals surface area (Å²) in [5.41, 5.74) is 3.18. The van der Waals surface area contributed by atoms with Crippen molar-refractivity contribution < 1.29 is 8.42 Å². The molecular formula is C21H16ClN5O2S2. The number of thiophene rings is 1. The van der Waals surface area contributed by atoms with Crippen LogP contribution >= 0.6 is 22.9 Å². The van der Waals surface area contributed by atoms with E-state index in [1.807, 2.05) is 42.6 Å². The van der Waals surface area contributed by atoms with Crippen LogP contribution in [0.4, 0.5) is 5.82 Å². The topological polar surface area (TPSA) is 89.2 Å². The molecule has 2 aromatic carbocycles. The van der Waals surface area contributed by atoms with Crippen LogP contribution in [-0.2, 0) is 16.4 Å². The monoisotopic (exact) mass is 469 g/mol. The van der Waals surface area contributed by atoms with E-state index in [0.717, 1.165) is 15.8 Å². The van der Waals surface area contributed by atoms with Crippen LogP contribution in [0.25, 0.3) is 15.9 Å². The van der Waals surface area contributed by atoms with Gasteiger partial charge in [-0.05, 0) is 42.1 Å². The van der Waals surface area contributed by atoms with E-state index >= 15 is 0 Å². The Morgan fingerprint density at radius 3 is 2.71 bits per heavy atom. The van der Waals surface area contributed by atoms with Gasteiger partial charge < -0.3 is 5.32 Å². The molecule has 0 aliphatic rings. The van der Waals surface area contributed by atoms with Crippen LogP contribution in [0.15, 0.2) is 69.9 Å². The molecule has 5 aromatic rings. The highest BCUT2D eigenvalue weighted by molar-refractivity contribution is 7.91. The zero-order chi connectivity index (χ0) is 21.6. The molecule has 156 valence electrons. The number of nitrogens with one attached hydrogen (secondary N) is 1. The summed E-state index contributed by atoms with van der Waals surface area (Å²) in [4.78, 5) is 4.65. The molecule has 0 aliphatic carbocycles. The maximum atomic E-state index is 13.2. The fraction of sp³-hybridized carbons (Fsp3) is 0.0952. The molecule has 0 saturated carbocycles. The Bertz CT molecular complexity index is 1530. The highest BCUT2D eigenvalue weighted by Gasteiger charge is 2.27. The van der Waals surface area contributed by atoms with Crippen LogP contribution in [-0.4, -0.2) is 28.2 Å². The second-order valence-corrected chi connectivity index (χ2v) is 10.2. The molecule has 0 spiro atoms. The molecule has 0 bridgehead atoms. The van der Waals surface area contributed by atoms with Crippen LogP contribution in [0.1, 0.15) is 11.1 Å². The molecule has 3 aromatic heterocycles. The van der Waals surface area contributed by atoms with Gasteiger partial charge in [0.1, 0.15) is 5.82 Å². The number of anilines is 1. The summed E-state index contributed by atoms with van der Waals surface area (Å²) >= 11 is 7.50. The van der Waals surface area contributed by atoms with Crippen LogP contribution in [0.5, 0.6) is 0 Å². The maximum Gasteiger partial charge on any atom is 0.229 e. The Labute approximate surface area is 187 Å². The first-order chi connectivity index (χ1) is 14.9. The zero-order valence-electron chi connectivity index (χ0n) is 16.3. The first-order valence-corrected chi connectivity index (χ1v) is 12.1. The first kappa shape index (κ1) is 19.9. The first-order valence-electron chi connectivity index (χ1n) is 9.36. The van der Waals surface area contributed by atoms with Crippen molar-refractivity contribution in [3.8, 4) is 0 Å². The van der Waals surface area contributed by atoms with Crippen molar-refractivity contribution in [3.05, 3.63) is 76.1 Å². The SMILES string of the molecule is Cc1ccc(CNc2nc3c(S(=O)(=O)c4cccc(Cl)c4)nnn3c3ccsc23)cc1. The number of fused-ring (bicyclic) bond motifs is 3. The lowest BCUT2D eigenvalue weighted by atomic mass is 10.1. The summed E-state index contributed by atoms with van der Waals surface area (Å²) in [6.07, 6.45) is 0. The van der Waals surface area contributed by atoms with E-state index in [1.165, 1.54) is 33.5 Å². The van der Waals surface area contributed by atoms with E-state index in [0.29, 0.717) is 17.4 Å². The normalized spacial score (nSPS) is 11.9. The van der Waals surface area contributed by atoms with Crippen molar-refractivity contribution in [1.29, 1.82) is 0 Å². The number of hydrogen-bond donors (Lipinski definition) is 1. The number of sulfone groups is 1. The zero-order valence-corrected chi connectivity index (χ0v) is 18.7. The number of halogens is 1. The fourth-order valence-electron chi connectivity index (χ4n) is 3.25. The Morgan fingerprint density at radius 2 is 1.94 bits per heavy atom. The molecule has 3 heterocycles. The highest BCUT2D eigenvalue weighted by atomic mass is 35.5. The standard InChI is InChI=1S/C21H16ClN5O2S2/c1-13-5-7-14(8-6-13)12-23-19-18-17(9-10-30-18)27-20(24-19)21(25-26-27)31(28,29)16-4-2-3-15(22)11-16/h2-11H,12H2,1H3,(H,23,24). The molecule has 0 fully saturated rings. The summed E-state index contributed by atoms with van der Waals surface area (Å²) < 4.78 is 28.8. The maximum absolute atomic E-state index is 13.2. The third-order valence-corrected chi connectivity index (χ3v) is 7.66. The van der Waals surface area contributed by atoms with Gasteiger partial charge in [0, 0.05) is 11.6 Å². The molecular weight excluding hydrogens is 454 g/mol. The second-order valence-electron chi connectivity index (χ2n) is 7.03. The predicted molar refractivity (Wildman–Crippen MR) is 122 cm³/mol. The number of aryl methyl sites for hydroxylation is 1. The van der Waals surface area contributed by atoms with Gasteiger partial charge in [-0.25, -0.2) is 13.4 Å². The Balaban J connectivity index is 1.62. The van der Waals surface area contributed by atoms with Gasteiger partial charge in [0.25, 0.3) is 0 Å². The van der Waals surface area contributed by atoms with Crippen LogP contribution in [0, 0.1) is 6.92 Å². The van der Waals surface area contributed by atoms with Crippen molar-refractivity contribution in [3.63, 3.8) is 0 Å². The summed E-state index contributed by atoms with van der Waals surface area (Å²) in [5.74, 6) is 0.586. The van der Waals surface area contributed by atoms with E-state index in [9.17, 15) is 8.42 Å². The quantitative estimate of drug-likeness (QED) is 0.399. The van der Waals surface area contributed by atoms with E-state index in [2.05, 4.69) is 20.6 Å². The summed E-state index contributed by atoms with van der Waals surface area (Å²) in [6, 6.07) is 16.1. The van der Waals surface area contributed by atoms with Gasteiger partial charge in [-0.3, -0.25) is 0 Å². The van der Waals surface area contributed by atoms with Crippen molar-refractivity contribution in [2.75, 3.05) is 5.32 Å². The third-order valence-electron chi connectivity index (χ3n) is 4.86. The van der Waals surface area contributed by atoms with Crippen LogP contribution in [0.2, 0.25) is 5.02 Å². The minimum atomic E-state index is -3.95. The minimum absolute atomic E-state index is 0.0452. The third kappa shape index (κ3) is 3.54. The lowest BCUT2D eigenvalue weighted by Gasteiger charge is -2.09. The van der Waals surface area contributed by atoms with Gasteiger partial charge in [-0.1, -0.05) is 52.7 Å². The van der Waals surface area contributed by atoms with E-state index < -0.39 is 9.84 Å². The Hall–Kier alpha value is -3.01. The second kappa shape index (κ2) is 7.60. The summed E-state index contributed by atoms with van der Waals surface area (Å²) in [5, 5.41) is 13.4. The van der Waals surface area contributed by atoms with E-state index in [1.54, 1.807) is 12.1 Å². The van der Waals surface area contributed by atoms with Gasteiger partial charge in [0.15, 0.2) is 5.65 Å². The van der Waals surface area contributed by atoms with Gasteiger partial charge in [-0.2, -0.15) is 4.52 Å². The van der Waals surface area contributed by atoms with Crippen LogP contribution < -0.4 is 5.32 Å². The van der Waals surface area contributed by atoms with Gasteiger partial charge in [0.2, 0.25) is 14.9 Å². The molecule has 0 radical (unpaired) electrons. The molecule has 31 heavy (non-hydrogen) atoms. The number of rotatable bonds is 5. The summed E-state index contributed by atoms with van der Waals surface area (Å²) in [6.45, 7) is 2.59. The predicted octanol–water partition coefficient (Wildman–Crippen LogP) is 4.75. The molecule has 0 atom stereocenters. The number of nitrogens with zero attached hydrogens (tertiary/aromatic N) is 4. The molecule has 1 N–H and O–H groups in total. The lowest BCUT2D eigenvalue weighted by molar-refractivity contribution is 0.592. The molecule has 0 amide bonds. The number of aromatic nitrogens is 4. The Morgan fingerprint density at radius 1 is 1.13 bits per heavy atom. The smallest absolute Gasteiger partial charge is 0.229 e. The van der Waals surface area contributed by atoms with Crippen molar-refractivity contribution in [2.24, 2.45) is 0 Å². The molecule has 10 heteroatoms. The highest BCUT2D eigenvalue weighted by Crippen LogP contribution is 2.31. The fourth-order valence-corrected chi connectivity index (χ4v) is 5.63. The largest absolute Gasteiger partial charge is 0.365 e. The van der Waals surface area contributed by atoms with E-state index in [4.69, 9.17) is 11.6 Å². The summed E-state index contributed by atoms with van der Waals surface area (Å²) in [7, 11) is -3.95.